The molecule has 0 spiro atoms. The first-order valence-corrected chi connectivity index (χ1v) is 16.5. The lowest BCUT2D eigenvalue weighted by atomic mass is 9.52. The Labute approximate surface area is 260 Å². The lowest BCUT2D eigenvalue weighted by Crippen LogP contribution is -2.45. The smallest absolute Gasteiger partial charge is 0.00520 e. The minimum absolute atomic E-state index is 0.00843. The molecule has 0 heteroatoms. The van der Waals surface area contributed by atoms with Crippen LogP contribution in [0.15, 0.2) is 30.4 Å². The Morgan fingerprint density at radius 2 is 0.780 bits per heavy atom. The zero-order valence-corrected chi connectivity index (χ0v) is 32.1. The van der Waals surface area contributed by atoms with Crippen LogP contribution in [0.2, 0.25) is 0 Å². The fraction of sp³-hybridized carbons (Fsp3) is 0.805. The molecule has 1 aromatic rings. The molecule has 0 saturated heterocycles. The van der Waals surface area contributed by atoms with Crippen molar-refractivity contribution in [3.8, 4) is 0 Å². The van der Waals surface area contributed by atoms with E-state index >= 15 is 0 Å². The zero-order valence-electron chi connectivity index (χ0n) is 32.1. The third-order valence-corrected chi connectivity index (χ3v) is 13.0. The van der Waals surface area contributed by atoms with Crippen molar-refractivity contribution in [1.29, 1.82) is 0 Å². The maximum absolute atomic E-state index is 4.27. The Morgan fingerprint density at radius 3 is 1.07 bits per heavy atom. The van der Waals surface area contributed by atoms with Gasteiger partial charge in [0.2, 0.25) is 0 Å². The van der Waals surface area contributed by atoms with E-state index in [-0.39, 0.29) is 48.7 Å². The summed E-state index contributed by atoms with van der Waals surface area (Å²) in [6.07, 6.45) is 3.39. The Kier molecular flexibility index (Phi) is 10.3. The number of hydrogen-bond donors (Lipinski definition) is 0. The van der Waals surface area contributed by atoms with E-state index in [2.05, 4.69) is 170 Å². The summed E-state index contributed by atoms with van der Waals surface area (Å²) in [5.74, 6) is 0. The van der Waals surface area contributed by atoms with Crippen LogP contribution in [0.1, 0.15) is 181 Å². The maximum Gasteiger partial charge on any atom is -0.00520 e. The van der Waals surface area contributed by atoms with E-state index in [0.717, 1.165) is 12.8 Å². The van der Waals surface area contributed by atoms with Gasteiger partial charge >= 0.3 is 0 Å². The molecule has 0 bridgehead atoms. The second-order valence-electron chi connectivity index (χ2n) is 20.5. The molecule has 1 rings (SSSR count). The summed E-state index contributed by atoms with van der Waals surface area (Å²) in [5.41, 5.74) is 6.80. The Morgan fingerprint density at radius 1 is 0.463 bits per heavy atom. The highest BCUT2D eigenvalue weighted by atomic mass is 14.5. The highest BCUT2D eigenvalue weighted by Gasteiger charge is 2.49. The van der Waals surface area contributed by atoms with Crippen molar-refractivity contribution >= 4 is 0 Å². The van der Waals surface area contributed by atoms with Gasteiger partial charge in [-0.1, -0.05) is 162 Å². The molecule has 1 aromatic carbocycles. The van der Waals surface area contributed by atoms with Crippen LogP contribution in [0, 0.1) is 32.5 Å². The summed E-state index contributed by atoms with van der Waals surface area (Å²) < 4.78 is 0. The van der Waals surface area contributed by atoms with Crippen molar-refractivity contribution in [1.82, 2.24) is 0 Å². The predicted molar refractivity (Wildman–Crippen MR) is 188 cm³/mol. The average molecular weight is 567 g/mol. The fourth-order valence-corrected chi connectivity index (χ4v) is 6.71. The molecule has 0 heterocycles. The predicted octanol–water partition coefficient (Wildman–Crippen LogP) is 13.5. The summed E-state index contributed by atoms with van der Waals surface area (Å²) in [6, 6.07) is 7.67. The van der Waals surface area contributed by atoms with Gasteiger partial charge in [0.05, 0.1) is 0 Å². The van der Waals surface area contributed by atoms with Gasteiger partial charge in [0.25, 0.3) is 0 Å². The first kappa shape index (κ1) is 38.0. The highest BCUT2D eigenvalue weighted by molar-refractivity contribution is 5.42. The van der Waals surface area contributed by atoms with Gasteiger partial charge in [-0.25, -0.2) is 0 Å². The number of allylic oxidation sites excluding steroid dienone is 1. The fourth-order valence-electron chi connectivity index (χ4n) is 6.71. The largest absolute Gasteiger partial charge is 0.100 e. The molecule has 0 radical (unpaired) electrons. The molecular formula is C41H74. The van der Waals surface area contributed by atoms with Gasteiger partial charge < -0.3 is 0 Å². The van der Waals surface area contributed by atoms with Gasteiger partial charge in [-0.15, -0.1) is 6.58 Å². The first-order valence-electron chi connectivity index (χ1n) is 16.5. The molecule has 0 amide bonds. The van der Waals surface area contributed by atoms with Gasteiger partial charge in [-0.2, -0.15) is 0 Å². The summed E-state index contributed by atoms with van der Waals surface area (Å²) in [6.45, 7) is 55.6. The van der Waals surface area contributed by atoms with E-state index in [4.69, 9.17) is 0 Å². The monoisotopic (exact) mass is 567 g/mol. The second-order valence-corrected chi connectivity index (χ2v) is 20.5. The van der Waals surface area contributed by atoms with Crippen LogP contribution in [0.5, 0.6) is 0 Å². The van der Waals surface area contributed by atoms with Crippen LogP contribution in [0.25, 0.3) is 0 Å². The molecule has 0 N–H and O–H groups in total. The third-order valence-electron chi connectivity index (χ3n) is 13.0. The zero-order chi connectivity index (χ0) is 33.1. The molecule has 0 aliphatic rings. The normalized spacial score (nSPS) is 15.3. The van der Waals surface area contributed by atoms with Crippen LogP contribution in [0.3, 0.4) is 0 Å². The summed E-state index contributed by atoms with van der Waals surface area (Å²) in [7, 11) is 0. The molecular weight excluding hydrogens is 492 g/mol. The molecule has 0 aliphatic carbocycles. The van der Waals surface area contributed by atoms with E-state index in [1.165, 1.54) is 28.7 Å². The standard InChI is InChI=1S/C41H74/c1-29(2)26-35(9,10)37(13,14)28-39(17,18)41(21,22)32-24-30(33(3,4)5)23-31(25-32)40(19,20)38(15,16)27-36(11,12)34(6,7)8/h23-25H,1,26-28H2,2-22H3. The summed E-state index contributed by atoms with van der Waals surface area (Å²) in [5, 5.41) is 0. The van der Waals surface area contributed by atoms with E-state index in [1.807, 2.05) is 0 Å². The van der Waals surface area contributed by atoms with Crippen LogP contribution >= 0.6 is 0 Å². The number of hydrogen-bond acceptors (Lipinski definition) is 0. The van der Waals surface area contributed by atoms with Gasteiger partial charge in [0.15, 0.2) is 0 Å². The van der Waals surface area contributed by atoms with E-state index in [1.54, 1.807) is 0 Å². The molecule has 41 heavy (non-hydrogen) atoms. The molecule has 0 unspecified atom stereocenters. The molecule has 0 aromatic heterocycles. The SMILES string of the molecule is C=C(C)CC(C)(C)C(C)(C)CC(C)(C)C(C)(C)c1cc(C(C)(C)C)cc(C(C)(C)C(C)(C)CC(C)(C)C(C)(C)C)c1. The van der Waals surface area contributed by atoms with Crippen LogP contribution in [-0.4, -0.2) is 0 Å². The topological polar surface area (TPSA) is 0 Å². The number of benzene rings is 1. The minimum Gasteiger partial charge on any atom is -0.100 e. The van der Waals surface area contributed by atoms with Crippen molar-refractivity contribution < 1.29 is 0 Å². The van der Waals surface area contributed by atoms with E-state index < -0.39 is 0 Å². The van der Waals surface area contributed by atoms with Crippen LogP contribution < -0.4 is 0 Å². The molecule has 238 valence electrons. The summed E-state index contributed by atoms with van der Waals surface area (Å²) in [4.78, 5) is 0. The maximum atomic E-state index is 4.27. The van der Waals surface area contributed by atoms with Crippen LogP contribution in [0.4, 0.5) is 0 Å². The van der Waals surface area contributed by atoms with Crippen molar-refractivity contribution in [2.24, 2.45) is 32.5 Å². The molecule has 0 saturated carbocycles. The average Bonchev–Trinajstić information content (AvgIpc) is 2.69. The van der Waals surface area contributed by atoms with Crippen molar-refractivity contribution in [2.45, 2.75) is 181 Å². The van der Waals surface area contributed by atoms with Gasteiger partial charge in [-0.05, 0) is 91.6 Å². The Bertz CT molecular complexity index is 1060. The second kappa shape index (κ2) is 11.1. The Balaban J connectivity index is 3.81. The van der Waals surface area contributed by atoms with Gasteiger partial charge in [0, 0.05) is 0 Å². The van der Waals surface area contributed by atoms with E-state index in [9.17, 15) is 0 Å². The lowest BCUT2D eigenvalue weighted by Gasteiger charge is -2.53. The third kappa shape index (κ3) is 7.92. The van der Waals surface area contributed by atoms with Crippen LogP contribution in [-0.2, 0) is 16.2 Å². The summed E-state index contributed by atoms with van der Waals surface area (Å²) >= 11 is 0. The van der Waals surface area contributed by atoms with Crippen molar-refractivity contribution in [3.63, 3.8) is 0 Å². The minimum atomic E-state index is -0.00944. The van der Waals surface area contributed by atoms with Crippen molar-refractivity contribution in [3.05, 3.63) is 47.0 Å². The molecule has 0 nitrogen and oxygen atoms in total. The molecule has 0 aliphatic heterocycles. The molecule has 0 fully saturated rings. The van der Waals surface area contributed by atoms with E-state index in [0.29, 0.717) is 0 Å². The van der Waals surface area contributed by atoms with Gasteiger partial charge in [-0.3, -0.25) is 0 Å². The molecule has 0 atom stereocenters. The highest BCUT2D eigenvalue weighted by Crippen LogP contribution is 2.57. The Hall–Kier alpha value is -1.04. The number of rotatable bonds is 11. The lowest BCUT2D eigenvalue weighted by molar-refractivity contribution is 0.0224. The first-order chi connectivity index (χ1) is 17.6. The van der Waals surface area contributed by atoms with Gasteiger partial charge in [0.1, 0.15) is 0 Å². The van der Waals surface area contributed by atoms with Crippen molar-refractivity contribution in [2.75, 3.05) is 0 Å². The quantitative estimate of drug-likeness (QED) is 0.234.